The summed E-state index contributed by atoms with van der Waals surface area (Å²) in [4.78, 5) is 0. The highest BCUT2D eigenvalue weighted by atomic mass is 32.1. The lowest BCUT2D eigenvalue weighted by Crippen LogP contribution is -2.41. The van der Waals surface area contributed by atoms with Crippen LogP contribution in [0.5, 0.6) is 0 Å². The maximum absolute atomic E-state index is 6.51. The summed E-state index contributed by atoms with van der Waals surface area (Å²) in [5.74, 6) is 0. The van der Waals surface area contributed by atoms with E-state index in [0.29, 0.717) is 0 Å². The third-order valence-electron chi connectivity index (χ3n) is 27.2. The molecule has 122 heavy (non-hydrogen) atoms. The molecule has 19 aromatic rings. The number of furan rings is 2. The van der Waals surface area contributed by atoms with Crippen LogP contribution < -0.4 is 21.9 Å². The largest absolute Gasteiger partial charge is 0.496 e. The van der Waals surface area contributed by atoms with Crippen molar-refractivity contribution in [3.8, 4) is 33.4 Å². The molecule has 0 aliphatic carbocycles. The fraction of sp³-hybridized carbons (Fsp3) is 0.226. The van der Waals surface area contributed by atoms with E-state index in [4.69, 9.17) is 46.1 Å². The van der Waals surface area contributed by atoms with Gasteiger partial charge in [0.1, 0.15) is 22.3 Å². The standard InChI is InChI=1S/2C28H25BO3.C28H25BO2S.C22H21BO2S/c1-27(2)28(3,4)32-29(31-27)20-11-7-9-18(15-20)21-13-8-10-19-16-26-24(17-23(19)21)22-12-5-6-14-25(22)30-26;1-27(2)28(3,4)32-29(31-27)21-14-12-18(13-15-21)22-10-7-11-24-26(22)23-16-19-8-5-6-9-20(19)17-25(23)30-24;1-27(2)28(3,4)31-29(30-27)24-16-21(18-10-6-5-7-11-18)15-23-22-14-19-12-8-9-13-20(19)17-25(22)32-26(23)24;1-21(2)22(3,4)25-23(24-21)16-10-9-14-12-18-17-7-5-6-8-19(17)26-20(18)13-15(14)11-16/h3*5-17H,1-4H3;5-13H,1-4H3. The topological polar surface area (TPSA) is 100 Å². The van der Waals surface area contributed by atoms with E-state index < -0.39 is 7.12 Å². The number of benzene rings is 15. The first-order valence-electron chi connectivity index (χ1n) is 42.4. The van der Waals surface area contributed by atoms with E-state index in [1.54, 1.807) is 0 Å². The molecule has 4 aliphatic heterocycles. The lowest BCUT2D eigenvalue weighted by atomic mass is 9.77. The highest BCUT2D eigenvalue weighted by Crippen LogP contribution is 2.47. The molecule has 604 valence electrons. The second-order valence-corrected chi connectivity index (χ2v) is 39.3. The van der Waals surface area contributed by atoms with Gasteiger partial charge in [-0.25, -0.2) is 0 Å². The second-order valence-electron chi connectivity index (χ2n) is 37.2. The molecule has 10 nitrogen and oxygen atoms in total. The lowest BCUT2D eigenvalue weighted by molar-refractivity contribution is 0.00578. The summed E-state index contributed by atoms with van der Waals surface area (Å²) in [5.41, 5.74) is 12.2. The predicted octanol–water partition coefficient (Wildman–Crippen LogP) is 26.1. The quantitative estimate of drug-likeness (QED) is 0.143. The molecule has 16 heteroatoms. The number of thiophene rings is 2. The summed E-state index contributed by atoms with van der Waals surface area (Å²) in [5, 5.41) is 19.6. The normalized spacial score (nSPS) is 17.9. The number of hydrogen-bond donors (Lipinski definition) is 0. The maximum atomic E-state index is 6.51. The Morgan fingerprint density at radius 2 is 0.656 bits per heavy atom. The average Bonchev–Trinajstić information content (AvgIpc) is 1.58. The van der Waals surface area contributed by atoms with Crippen LogP contribution in [0.3, 0.4) is 0 Å². The monoisotopic (exact) mass is 1640 g/mol. The van der Waals surface area contributed by atoms with Crippen molar-refractivity contribution in [1.82, 2.24) is 0 Å². The van der Waals surface area contributed by atoms with Gasteiger partial charge in [-0.15, -0.1) is 22.7 Å². The summed E-state index contributed by atoms with van der Waals surface area (Å²) in [6.45, 7) is 33.5. The number of rotatable bonds is 7. The van der Waals surface area contributed by atoms with Crippen molar-refractivity contribution in [3.05, 3.63) is 291 Å². The third kappa shape index (κ3) is 14.0. The van der Waals surface area contributed by atoms with Crippen molar-refractivity contribution < 1.29 is 46.1 Å². The minimum Gasteiger partial charge on any atom is -0.456 e. The van der Waals surface area contributed by atoms with Crippen molar-refractivity contribution >= 4 is 200 Å². The summed E-state index contributed by atoms with van der Waals surface area (Å²) in [7, 11) is -1.44. The average molecular weight is 1640 g/mol. The van der Waals surface area contributed by atoms with Crippen LogP contribution in [0, 0.1) is 0 Å². The SMILES string of the molecule is CC1(C)OB(c2cc(-c3ccccc3)cc3c2sc2cc4ccccc4cc23)OC1(C)C.CC1(C)OB(c2ccc(-c3cccc4oc5cc6ccccc6cc5c34)cc2)OC1(C)C.CC1(C)OB(c2ccc3cc4c(cc3c2)sc2ccccc24)OC1(C)C.CC1(C)OB(c2cccc(-c3cccc4cc5oc6ccccc6c5cc34)c2)OC1(C)C. The van der Waals surface area contributed by atoms with Gasteiger partial charge in [0.2, 0.25) is 0 Å². The Labute approximate surface area is 721 Å². The van der Waals surface area contributed by atoms with Gasteiger partial charge in [0, 0.05) is 67.4 Å². The Morgan fingerprint density at radius 3 is 1.30 bits per heavy atom. The van der Waals surface area contributed by atoms with Crippen molar-refractivity contribution in [3.63, 3.8) is 0 Å². The first-order chi connectivity index (χ1) is 58.3. The van der Waals surface area contributed by atoms with E-state index in [-0.39, 0.29) is 66.2 Å². The summed E-state index contributed by atoms with van der Waals surface area (Å²) >= 11 is 3.69. The smallest absolute Gasteiger partial charge is 0.456 e. The zero-order chi connectivity index (χ0) is 84.4. The fourth-order valence-corrected chi connectivity index (χ4v) is 19.6. The molecule has 0 saturated carbocycles. The number of hydrogen-bond acceptors (Lipinski definition) is 12. The third-order valence-corrected chi connectivity index (χ3v) is 29.5. The van der Waals surface area contributed by atoms with Gasteiger partial charge in [0.25, 0.3) is 0 Å². The first kappa shape index (κ1) is 79.8. The molecule has 15 aromatic carbocycles. The molecular formula is C106H96B4O10S2. The number of fused-ring (bicyclic) bond motifs is 16. The highest BCUT2D eigenvalue weighted by Gasteiger charge is 2.55. The Hall–Kier alpha value is -10.7. The van der Waals surface area contributed by atoms with E-state index in [9.17, 15) is 0 Å². The molecule has 4 fully saturated rings. The van der Waals surface area contributed by atoms with Crippen LogP contribution in [0.4, 0.5) is 0 Å². The molecule has 0 bridgehead atoms. The van der Waals surface area contributed by atoms with Gasteiger partial charge in [-0.1, -0.05) is 218 Å². The van der Waals surface area contributed by atoms with Gasteiger partial charge < -0.3 is 46.1 Å². The van der Waals surface area contributed by atoms with Crippen LogP contribution in [0.1, 0.15) is 111 Å². The van der Waals surface area contributed by atoms with Crippen molar-refractivity contribution in [2.45, 2.75) is 156 Å². The zero-order valence-corrected chi connectivity index (χ0v) is 73.6. The van der Waals surface area contributed by atoms with Gasteiger partial charge >= 0.3 is 28.5 Å². The van der Waals surface area contributed by atoms with Crippen LogP contribution in [0.15, 0.2) is 300 Å². The van der Waals surface area contributed by atoms with Gasteiger partial charge in [-0.3, -0.25) is 0 Å². The maximum Gasteiger partial charge on any atom is 0.496 e. The fourth-order valence-electron chi connectivity index (χ4n) is 17.3. The Bertz CT molecular complexity index is 7290. The minimum atomic E-state index is -0.395. The molecule has 8 heterocycles. The molecule has 0 spiro atoms. The molecule has 0 radical (unpaired) electrons. The van der Waals surface area contributed by atoms with Crippen LogP contribution >= 0.6 is 22.7 Å². The Kier molecular flexibility index (Phi) is 19.3. The van der Waals surface area contributed by atoms with Crippen LogP contribution in [-0.2, 0) is 37.2 Å². The Morgan fingerprint density at radius 1 is 0.213 bits per heavy atom. The molecule has 4 aromatic heterocycles. The van der Waals surface area contributed by atoms with Crippen LogP contribution in [0.2, 0.25) is 0 Å². The molecule has 0 amide bonds. The van der Waals surface area contributed by atoms with E-state index in [1.165, 1.54) is 94.7 Å². The van der Waals surface area contributed by atoms with Gasteiger partial charge in [-0.2, -0.15) is 0 Å². The molecule has 0 atom stereocenters. The molecule has 4 aliphatic rings. The van der Waals surface area contributed by atoms with Gasteiger partial charge in [-0.05, 0) is 276 Å². The first-order valence-corrected chi connectivity index (χ1v) is 44.1. The van der Waals surface area contributed by atoms with Gasteiger partial charge in [0.05, 0.1) is 44.8 Å². The van der Waals surface area contributed by atoms with E-state index in [0.717, 1.165) is 87.8 Å². The zero-order valence-electron chi connectivity index (χ0n) is 71.9. The predicted molar refractivity (Wildman–Crippen MR) is 515 cm³/mol. The molecule has 4 saturated heterocycles. The minimum absolute atomic E-state index is 0.317. The van der Waals surface area contributed by atoms with Gasteiger partial charge in [0.15, 0.2) is 0 Å². The molecule has 0 N–H and O–H groups in total. The van der Waals surface area contributed by atoms with Crippen molar-refractivity contribution in [2.24, 2.45) is 0 Å². The van der Waals surface area contributed by atoms with Crippen molar-refractivity contribution in [2.75, 3.05) is 0 Å². The summed E-state index contributed by atoms with van der Waals surface area (Å²) in [6, 6.07) is 103. The highest BCUT2D eigenvalue weighted by molar-refractivity contribution is 7.27. The van der Waals surface area contributed by atoms with Crippen molar-refractivity contribution in [1.29, 1.82) is 0 Å². The summed E-state index contributed by atoms with van der Waals surface area (Å²) in [6.07, 6.45) is 0. The van der Waals surface area contributed by atoms with E-state index >= 15 is 0 Å². The molecular weight excluding hydrogens is 1540 g/mol. The van der Waals surface area contributed by atoms with Crippen LogP contribution in [0.25, 0.3) is 161 Å². The summed E-state index contributed by atoms with van der Waals surface area (Å²) < 4.78 is 68.0. The second kappa shape index (κ2) is 29.5. The van der Waals surface area contributed by atoms with Crippen LogP contribution in [-0.4, -0.2) is 73.3 Å². The molecule has 23 rings (SSSR count). The lowest BCUT2D eigenvalue weighted by Gasteiger charge is -2.32. The molecule has 0 unspecified atom stereocenters. The van der Waals surface area contributed by atoms with E-state index in [2.05, 4.69) is 384 Å². The van der Waals surface area contributed by atoms with E-state index in [1.807, 2.05) is 40.9 Å². The Balaban J connectivity index is 0.000000104. The number of para-hydroxylation sites is 1.